The first-order valence-electron chi connectivity index (χ1n) is 5.70. The summed E-state index contributed by atoms with van der Waals surface area (Å²) in [6, 6.07) is 6.93. The van der Waals surface area contributed by atoms with E-state index < -0.39 is 17.4 Å². The lowest BCUT2D eigenvalue weighted by atomic mass is 9.97. The predicted octanol–water partition coefficient (Wildman–Crippen LogP) is 1.49. The first-order valence-corrected chi connectivity index (χ1v) is 5.70. The van der Waals surface area contributed by atoms with Gasteiger partial charge in [0, 0.05) is 17.7 Å². The first-order chi connectivity index (χ1) is 8.97. The Bertz CT molecular complexity index is 577. The van der Waals surface area contributed by atoms with Crippen LogP contribution in [0.5, 0.6) is 0 Å². The average Bonchev–Trinajstić information content (AvgIpc) is 2.67. The molecule has 0 aromatic heterocycles. The van der Waals surface area contributed by atoms with Gasteiger partial charge in [-0.25, -0.2) is 4.39 Å². The molecule has 0 bridgehead atoms. The van der Waals surface area contributed by atoms with Gasteiger partial charge in [-0.05, 0) is 19.1 Å². The molecule has 1 aromatic rings. The highest BCUT2D eigenvalue weighted by molar-refractivity contribution is 5.89. The highest BCUT2D eigenvalue weighted by Crippen LogP contribution is 2.35. The van der Waals surface area contributed by atoms with Crippen molar-refractivity contribution in [1.29, 1.82) is 5.26 Å². The summed E-state index contributed by atoms with van der Waals surface area (Å²) in [6.07, 6.45) is -0.240. The zero-order valence-electron chi connectivity index (χ0n) is 10.3. The van der Waals surface area contributed by atoms with Crippen LogP contribution >= 0.6 is 0 Å². The van der Waals surface area contributed by atoms with E-state index in [0.717, 1.165) is 5.01 Å². The molecule has 1 heterocycles. The Labute approximate surface area is 109 Å². The van der Waals surface area contributed by atoms with Crippen molar-refractivity contribution in [2.24, 2.45) is 5.10 Å². The summed E-state index contributed by atoms with van der Waals surface area (Å²) >= 11 is 0. The van der Waals surface area contributed by atoms with Gasteiger partial charge in [-0.3, -0.25) is 4.79 Å². The SMILES string of the molecule is CC1=NN(C(=O)CC#N)C(O)(c2ccc(F)cc2)C1. The molecular weight excluding hydrogens is 249 g/mol. The molecule has 1 unspecified atom stereocenters. The van der Waals surface area contributed by atoms with Gasteiger partial charge in [0.1, 0.15) is 12.2 Å². The van der Waals surface area contributed by atoms with Crippen LogP contribution in [-0.2, 0) is 10.5 Å². The minimum absolute atomic E-state index is 0.135. The Balaban J connectivity index is 2.39. The van der Waals surface area contributed by atoms with Crippen LogP contribution in [0.4, 0.5) is 4.39 Å². The largest absolute Gasteiger partial charge is 0.365 e. The minimum Gasteiger partial charge on any atom is -0.365 e. The molecule has 0 spiro atoms. The smallest absolute Gasteiger partial charge is 0.259 e. The Morgan fingerprint density at radius 2 is 2.21 bits per heavy atom. The summed E-state index contributed by atoms with van der Waals surface area (Å²) in [4.78, 5) is 11.8. The molecular formula is C13H12FN3O2. The number of benzene rings is 1. The van der Waals surface area contributed by atoms with Crippen molar-refractivity contribution < 1.29 is 14.3 Å². The van der Waals surface area contributed by atoms with E-state index in [-0.39, 0.29) is 12.8 Å². The molecule has 1 aromatic carbocycles. The topological polar surface area (TPSA) is 76.7 Å². The molecule has 98 valence electrons. The molecule has 0 saturated heterocycles. The fourth-order valence-electron chi connectivity index (χ4n) is 2.07. The minimum atomic E-state index is -1.65. The van der Waals surface area contributed by atoms with E-state index in [1.54, 1.807) is 13.0 Å². The van der Waals surface area contributed by atoms with E-state index >= 15 is 0 Å². The summed E-state index contributed by atoms with van der Waals surface area (Å²) in [6.45, 7) is 1.67. The van der Waals surface area contributed by atoms with Crippen molar-refractivity contribution in [2.45, 2.75) is 25.5 Å². The van der Waals surface area contributed by atoms with Crippen LogP contribution in [0.3, 0.4) is 0 Å². The summed E-state index contributed by atoms with van der Waals surface area (Å²) in [5.41, 5.74) is -0.718. The van der Waals surface area contributed by atoms with E-state index in [1.165, 1.54) is 24.3 Å². The Kier molecular flexibility index (Phi) is 3.32. The van der Waals surface area contributed by atoms with Gasteiger partial charge in [-0.2, -0.15) is 15.4 Å². The molecule has 2 rings (SSSR count). The van der Waals surface area contributed by atoms with Gasteiger partial charge in [-0.15, -0.1) is 0 Å². The second-order valence-corrected chi connectivity index (χ2v) is 4.38. The van der Waals surface area contributed by atoms with Gasteiger partial charge < -0.3 is 5.11 Å². The Morgan fingerprint density at radius 1 is 1.58 bits per heavy atom. The third-order valence-corrected chi connectivity index (χ3v) is 2.90. The fraction of sp³-hybridized carbons (Fsp3) is 0.308. The third kappa shape index (κ3) is 2.33. The van der Waals surface area contributed by atoms with Crippen molar-refractivity contribution in [2.75, 3.05) is 0 Å². The summed E-state index contributed by atoms with van der Waals surface area (Å²) in [7, 11) is 0. The average molecular weight is 261 g/mol. The number of carbonyl (C=O) groups is 1. The standard InChI is InChI=1S/C13H12FN3O2/c1-9-8-13(19,10-2-4-11(14)5-3-10)17(16-9)12(18)6-7-15/h2-5,19H,6,8H2,1H3. The number of halogens is 1. The van der Waals surface area contributed by atoms with Gasteiger partial charge in [0.2, 0.25) is 0 Å². The number of nitrogens with zero attached hydrogens (tertiary/aromatic N) is 3. The van der Waals surface area contributed by atoms with Gasteiger partial charge in [0.05, 0.1) is 6.07 Å². The number of rotatable bonds is 2. The molecule has 0 fully saturated rings. The maximum atomic E-state index is 12.9. The molecule has 0 aliphatic carbocycles. The maximum absolute atomic E-state index is 12.9. The lowest BCUT2D eigenvalue weighted by Gasteiger charge is -2.31. The predicted molar refractivity (Wildman–Crippen MR) is 65.1 cm³/mol. The molecule has 1 aliphatic heterocycles. The van der Waals surface area contributed by atoms with Crippen molar-refractivity contribution in [3.05, 3.63) is 35.6 Å². The molecule has 1 atom stereocenters. The Hall–Kier alpha value is -2.26. The van der Waals surface area contributed by atoms with Crippen molar-refractivity contribution in [1.82, 2.24) is 5.01 Å². The van der Waals surface area contributed by atoms with Gasteiger partial charge in [0.15, 0.2) is 5.72 Å². The van der Waals surface area contributed by atoms with E-state index in [9.17, 15) is 14.3 Å². The molecule has 1 amide bonds. The second kappa shape index (κ2) is 4.78. The molecule has 1 N–H and O–H groups in total. The number of aliphatic hydroxyl groups is 1. The molecule has 5 nitrogen and oxygen atoms in total. The highest BCUT2D eigenvalue weighted by Gasteiger charge is 2.44. The fourth-order valence-corrected chi connectivity index (χ4v) is 2.07. The van der Waals surface area contributed by atoms with Crippen molar-refractivity contribution in [3.8, 4) is 6.07 Å². The molecule has 6 heteroatoms. The zero-order valence-corrected chi connectivity index (χ0v) is 10.3. The van der Waals surface area contributed by atoms with Crippen molar-refractivity contribution in [3.63, 3.8) is 0 Å². The molecule has 1 aliphatic rings. The number of carbonyl (C=O) groups excluding carboxylic acids is 1. The number of hydrazone groups is 1. The van der Waals surface area contributed by atoms with Crippen LogP contribution in [0.2, 0.25) is 0 Å². The lowest BCUT2D eigenvalue weighted by Crippen LogP contribution is -2.43. The zero-order chi connectivity index (χ0) is 14.0. The number of hydrogen-bond donors (Lipinski definition) is 1. The van der Waals surface area contributed by atoms with Gasteiger partial charge >= 0.3 is 0 Å². The third-order valence-electron chi connectivity index (χ3n) is 2.90. The van der Waals surface area contributed by atoms with Crippen LogP contribution < -0.4 is 0 Å². The summed E-state index contributed by atoms with van der Waals surface area (Å²) in [5, 5.41) is 24.1. The number of hydrogen-bond acceptors (Lipinski definition) is 4. The van der Waals surface area contributed by atoms with Crippen LogP contribution in [0.15, 0.2) is 29.4 Å². The maximum Gasteiger partial charge on any atom is 0.259 e. The van der Waals surface area contributed by atoms with E-state index in [0.29, 0.717) is 11.3 Å². The van der Waals surface area contributed by atoms with Crippen LogP contribution in [0.1, 0.15) is 25.3 Å². The van der Waals surface area contributed by atoms with Crippen LogP contribution in [0.25, 0.3) is 0 Å². The monoisotopic (exact) mass is 261 g/mol. The second-order valence-electron chi connectivity index (χ2n) is 4.38. The van der Waals surface area contributed by atoms with Crippen LogP contribution in [0, 0.1) is 17.1 Å². The lowest BCUT2D eigenvalue weighted by molar-refractivity contribution is -0.156. The van der Waals surface area contributed by atoms with E-state index in [4.69, 9.17) is 5.26 Å². The summed E-state index contributed by atoms with van der Waals surface area (Å²) in [5.74, 6) is -1.02. The molecule has 0 saturated carbocycles. The number of amides is 1. The quantitative estimate of drug-likeness (QED) is 0.876. The van der Waals surface area contributed by atoms with Gasteiger partial charge in [-0.1, -0.05) is 12.1 Å². The first kappa shape index (κ1) is 13.2. The van der Waals surface area contributed by atoms with Crippen LogP contribution in [-0.4, -0.2) is 21.7 Å². The van der Waals surface area contributed by atoms with E-state index in [2.05, 4.69) is 5.10 Å². The molecule has 0 radical (unpaired) electrons. The molecule has 19 heavy (non-hydrogen) atoms. The van der Waals surface area contributed by atoms with Crippen molar-refractivity contribution >= 4 is 11.6 Å². The number of nitriles is 1. The highest BCUT2D eigenvalue weighted by atomic mass is 19.1. The summed E-state index contributed by atoms with van der Waals surface area (Å²) < 4.78 is 12.9. The van der Waals surface area contributed by atoms with E-state index in [1.807, 2.05) is 0 Å². The normalized spacial score (nSPS) is 22.0. The van der Waals surface area contributed by atoms with Gasteiger partial charge in [0.25, 0.3) is 5.91 Å². The Morgan fingerprint density at radius 3 is 2.79 bits per heavy atom.